The van der Waals surface area contributed by atoms with Crippen LogP contribution in [-0.2, 0) is 17.9 Å². The number of aromatic nitrogens is 1. The highest BCUT2D eigenvalue weighted by Gasteiger charge is 2.14. The van der Waals surface area contributed by atoms with Crippen molar-refractivity contribution in [1.29, 1.82) is 0 Å². The molecule has 0 bridgehead atoms. The van der Waals surface area contributed by atoms with Crippen LogP contribution in [0, 0.1) is 32.6 Å². The van der Waals surface area contributed by atoms with E-state index in [-0.39, 0.29) is 12.3 Å². The summed E-state index contributed by atoms with van der Waals surface area (Å²) < 4.78 is 8.44. The number of hydrogen-bond acceptors (Lipinski definition) is 2. The summed E-state index contributed by atoms with van der Waals surface area (Å²) in [6.07, 6.45) is 2.15. The van der Waals surface area contributed by atoms with Crippen molar-refractivity contribution in [2.45, 2.75) is 53.2 Å². The summed E-state index contributed by atoms with van der Waals surface area (Å²) in [5, 5.41) is 10.4. The van der Waals surface area contributed by atoms with Gasteiger partial charge in [-0.15, -0.1) is 5.92 Å². The molecule has 4 nitrogen and oxygen atoms in total. The van der Waals surface area contributed by atoms with Crippen LogP contribution in [0.3, 0.4) is 0 Å². The minimum atomic E-state index is -0.855. The number of ether oxygens (including phenoxy) is 1. The van der Waals surface area contributed by atoms with Gasteiger partial charge < -0.3 is 14.4 Å². The lowest BCUT2D eigenvalue weighted by Crippen LogP contribution is -2.05. The molecule has 0 unspecified atom stereocenters. The molecule has 35 heavy (non-hydrogen) atoms. The van der Waals surface area contributed by atoms with Gasteiger partial charge in [-0.25, -0.2) is 0 Å². The van der Waals surface area contributed by atoms with Crippen LogP contribution < -0.4 is 4.74 Å². The van der Waals surface area contributed by atoms with Gasteiger partial charge in [-0.05, 0) is 84.7 Å². The third-order valence-corrected chi connectivity index (χ3v) is 6.64. The number of aryl methyl sites for hydroxylation is 3. The van der Waals surface area contributed by atoms with Crippen molar-refractivity contribution in [3.05, 3.63) is 100 Å². The lowest BCUT2D eigenvalue weighted by Gasteiger charge is -2.15. The molecule has 1 heterocycles. The number of hydrogen-bond donors (Lipinski definition) is 1. The fourth-order valence-electron chi connectivity index (χ4n) is 4.64. The molecule has 0 saturated heterocycles. The lowest BCUT2D eigenvalue weighted by molar-refractivity contribution is -0.137. The zero-order valence-corrected chi connectivity index (χ0v) is 20.8. The average Bonchev–Trinajstić information content (AvgIpc) is 3.24. The molecular formula is C31H31NO3. The second-order valence-corrected chi connectivity index (χ2v) is 9.00. The lowest BCUT2D eigenvalue weighted by atomic mass is 9.96. The molecule has 0 amide bonds. The normalized spacial score (nSPS) is 11.7. The van der Waals surface area contributed by atoms with Gasteiger partial charge in [0.2, 0.25) is 0 Å². The topological polar surface area (TPSA) is 51.5 Å². The second kappa shape index (κ2) is 10.5. The van der Waals surface area contributed by atoms with E-state index in [0.717, 1.165) is 23.4 Å². The summed E-state index contributed by atoms with van der Waals surface area (Å²) in [4.78, 5) is 11.2. The predicted molar refractivity (Wildman–Crippen MR) is 141 cm³/mol. The van der Waals surface area contributed by atoms with E-state index in [4.69, 9.17) is 9.84 Å². The van der Waals surface area contributed by atoms with E-state index in [1.807, 2.05) is 24.3 Å². The Kier molecular flexibility index (Phi) is 7.27. The van der Waals surface area contributed by atoms with Crippen LogP contribution in [0.4, 0.5) is 0 Å². The van der Waals surface area contributed by atoms with Crippen molar-refractivity contribution in [2.24, 2.45) is 0 Å². The summed E-state index contributed by atoms with van der Waals surface area (Å²) in [6.45, 7) is 9.53. The number of benzene rings is 3. The maximum Gasteiger partial charge on any atom is 0.304 e. The minimum Gasteiger partial charge on any atom is -0.489 e. The molecular weight excluding hydrogens is 434 g/mol. The highest BCUT2D eigenvalue weighted by atomic mass is 16.5. The monoisotopic (exact) mass is 465 g/mol. The molecule has 178 valence electrons. The van der Waals surface area contributed by atoms with Crippen molar-refractivity contribution in [2.75, 3.05) is 0 Å². The molecule has 0 aliphatic carbocycles. The summed E-state index contributed by atoms with van der Waals surface area (Å²) in [5.74, 6) is 5.39. The van der Waals surface area contributed by atoms with Crippen LogP contribution in [0.25, 0.3) is 10.9 Å². The van der Waals surface area contributed by atoms with E-state index in [2.05, 4.69) is 79.8 Å². The van der Waals surface area contributed by atoms with Gasteiger partial charge in [-0.2, -0.15) is 0 Å². The summed E-state index contributed by atoms with van der Waals surface area (Å²) >= 11 is 0. The predicted octanol–water partition coefficient (Wildman–Crippen LogP) is 6.78. The van der Waals surface area contributed by atoms with Crippen LogP contribution in [0.2, 0.25) is 0 Å². The first-order chi connectivity index (χ1) is 16.9. The van der Waals surface area contributed by atoms with Crippen LogP contribution in [-0.4, -0.2) is 15.6 Å². The summed E-state index contributed by atoms with van der Waals surface area (Å²) in [5.41, 5.74) is 8.46. The zero-order chi connectivity index (χ0) is 24.9. The van der Waals surface area contributed by atoms with Crippen LogP contribution in [0.1, 0.15) is 52.6 Å². The first-order valence-corrected chi connectivity index (χ1v) is 11.9. The largest absolute Gasteiger partial charge is 0.489 e. The van der Waals surface area contributed by atoms with Crippen molar-refractivity contribution in [3.8, 4) is 17.6 Å². The molecule has 0 fully saturated rings. The average molecular weight is 466 g/mol. The second-order valence-electron chi connectivity index (χ2n) is 9.00. The third-order valence-electron chi connectivity index (χ3n) is 6.64. The number of carbonyl (C=O) groups is 1. The zero-order valence-electron chi connectivity index (χ0n) is 20.8. The number of rotatable bonds is 8. The fourth-order valence-corrected chi connectivity index (χ4v) is 4.64. The Morgan fingerprint density at radius 1 is 1.00 bits per heavy atom. The van der Waals surface area contributed by atoms with Crippen LogP contribution in [0.15, 0.2) is 66.9 Å². The van der Waals surface area contributed by atoms with Crippen LogP contribution >= 0.6 is 0 Å². The molecule has 0 saturated carbocycles. The first kappa shape index (κ1) is 24.2. The van der Waals surface area contributed by atoms with Crippen molar-refractivity contribution >= 4 is 16.9 Å². The van der Waals surface area contributed by atoms with Gasteiger partial charge in [0.25, 0.3) is 0 Å². The molecule has 0 aliphatic rings. The van der Waals surface area contributed by atoms with Crippen LogP contribution in [0.5, 0.6) is 5.75 Å². The molecule has 0 aliphatic heterocycles. The van der Waals surface area contributed by atoms with E-state index in [0.29, 0.717) is 6.61 Å². The number of fused-ring (bicyclic) bond motifs is 1. The molecule has 4 rings (SSSR count). The van der Waals surface area contributed by atoms with Crippen molar-refractivity contribution < 1.29 is 14.6 Å². The molecule has 1 atom stereocenters. The van der Waals surface area contributed by atoms with E-state index in [1.54, 1.807) is 6.92 Å². The first-order valence-electron chi connectivity index (χ1n) is 11.9. The summed E-state index contributed by atoms with van der Waals surface area (Å²) in [7, 11) is 0. The van der Waals surface area contributed by atoms with Gasteiger partial charge in [0.1, 0.15) is 12.4 Å². The minimum absolute atomic E-state index is 0.0120. The quantitative estimate of drug-likeness (QED) is 0.292. The van der Waals surface area contributed by atoms with Gasteiger partial charge in [0.15, 0.2) is 0 Å². The van der Waals surface area contributed by atoms with E-state index >= 15 is 0 Å². The van der Waals surface area contributed by atoms with Crippen molar-refractivity contribution in [1.82, 2.24) is 4.57 Å². The molecule has 1 N–H and O–H groups in total. The number of carboxylic acid groups (broad SMARTS) is 1. The van der Waals surface area contributed by atoms with E-state index in [9.17, 15) is 4.79 Å². The Morgan fingerprint density at radius 2 is 1.71 bits per heavy atom. The van der Waals surface area contributed by atoms with E-state index < -0.39 is 5.97 Å². The number of nitrogens with zero attached hydrogens (tertiary/aromatic N) is 1. The standard InChI is InChI=1S/C31H31NO3/c1-5-7-26(18-30(33)34)24-12-14-28(15-13-24)35-20-27-11-10-25-16-17-32(31(25)23(27)4)19-29-21(2)8-6-9-22(29)3/h6,8-17,26H,18-20H2,1-4H3,(H,33,34)/t26-/m0/s1. The Bertz CT molecular complexity index is 1400. The Hall–Kier alpha value is -3.97. The Labute approximate surface area is 207 Å². The Morgan fingerprint density at radius 3 is 2.37 bits per heavy atom. The fraction of sp³-hybridized carbons (Fsp3) is 0.258. The van der Waals surface area contributed by atoms with E-state index in [1.165, 1.54) is 33.2 Å². The van der Waals surface area contributed by atoms with Gasteiger partial charge in [0.05, 0.1) is 17.9 Å². The highest BCUT2D eigenvalue weighted by Crippen LogP contribution is 2.27. The molecule has 4 heteroatoms. The SMILES string of the molecule is CC#C[C@@H](CC(=O)O)c1ccc(OCc2ccc3ccn(Cc4c(C)cccc4C)c3c2C)cc1. The smallest absolute Gasteiger partial charge is 0.304 e. The third kappa shape index (κ3) is 5.41. The van der Waals surface area contributed by atoms with Gasteiger partial charge in [-0.3, -0.25) is 4.79 Å². The highest BCUT2D eigenvalue weighted by molar-refractivity contribution is 5.84. The number of aliphatic carboxylic acids is 1. The summed E-state index contributed by atoms with van der Waals surface area (Å²) in [6, 6.07) is 20.5. The molecule has 4 aromatic rings. The molecule has 0 radical (unpaired) electrons. The maximum atomic E-state index is 11.2. The van der Waals surface area contributed by atoms with Gasteiger partial charge >= 0.3 is 5.97 Å². The molecule has 3 aromatic carbocycles. The number of carboxylic acids is 1. The Balaban J connectivity index is 1.53. The molecule has 1 aromatic heterocycles. The molecule has 0 spiro atoms. The van der Waals surface area contributed by atoms with Crippen molar-refractivity contribution in [3.63, 3.8) is 0 Å². The van der Waals surface area contributed by atoms with Gasteiger partial charge in [-0.1, -0.05) is 48.4 Å². The van der Waals surface area contributed by atoms with Gasteiger partial charge in [0, 0.05) is 12.7 Å². The maximum absolute atomic E-state index is 11.2.